The summed E-state index contributed by atoms with van der Waals surface area (Å²) in [5.41, 5.74) is 1.56. The average Bonchev–Trinajstić information content (AvgIpc) is 2.85. The number of amides is 1. The molecule has 0 unspecified atom stereocenters. The van der Waals surface area contributed by atoms with Gasteiger partial charge in [0, 0.05) is 5.69 Å². The molecule has 0 aliphatic heterocycles. The van der Waals surface area contributed by atoms with Crippen molar-refractivity contribution in [1.29, 1.82) is 0 Å². The number of carbonyl (C=O) groups excluding carboxylic acids is 1. The molecule has 2 aromatic rings. The van der Waals surface area contributed by atoms with Crippen LogP contribution in [-0.4, -0.2) is 18.2 Å². The lowest BCUT2D eigenvalue weighted by Gasteiger charge is -2.10. The molecule has 5 nitrogen and oxygen atoms in total. The molecular formula is C13H13ClN2O3S. The standard InChI is InChI=1S/C13H13ClN2O3S/c1-8-5-9(3-4-10(8)16-13(17)18-2)19-7-12-15-6-11(14)20-12/h3-6H,7H2,1-2H3,(H,16,17). The molecule has 0 fully saturated rings. The molecule has 0 radical (unpaired) electrons. The largest absolute Gasteiger partial charge is 0.486 e. The molecule has 7 heteroatoms. The number of nitrogens with one attached hydrogen (secondary N) is 1. The van der Waals surface area contributed by atoms with Gasteiger partial charge in [-0.2, -0.15) is 0 Å². The van der Waals surface area contributed by atoms with E-state index in [2.05, 4.69) is 15.0 Å². The lowest BCUT2D eigenvalue weighted by Crippen LogP contribution is -2.11. The summed E-state index contributed by atoms with van der Waals surface area (Å²) in [7, 11) is 1.32. The van der Waals surface area contributed by atoms with Crippen molar-refractivity contribution in [3.8, 4) is 5.75 Å². The maximum Gasteiger partial charge on any atom is 0.411 e. The van der Waals surface area contributed by atoms with Gasteiger partial charge in [-0.05, 0) is 30.7 Å². The van der Waals surface area contributed by atoms with Crippen molar-refractivity contribution in [2.24, 2.45) is 0 Å². The highest BCUT2D eigenvalue weighted by Gasteiger charge is 2.06. The number of halogens is 1. The minimum Gasteiger partial charge on any atom is -0.486 e. The minimum atomic E-state index is -0.501. The van der Waals surface area contributed by atoms with Gasteiger partial charge < -0.3 is 9.47 Å². The number of nitrogens with zero attached hydrogens (tertiary/aromatic N) is 1. The number of hydrogen-bond acceptors (Lipinski definition) is 5. The number of thiazole rings is 1. The Bertz CT molecular complexity index is 615. The maximum atomic E-state index is 11.1. The number of aryl methyl sites for hydroxylation is 1. The molecule has 20 heavy (non-hydrogen) atoms. The Morgan fingerprint density at radius 2 is 2.30 bits per heavy atom. The van der Waals surface area contributed by atoms with Gasteiger partial charge >= 0.3 is 6.09 Å². The second kappa shape index (κ2) is 6.58. The predicted octanol–water partition coefficient (Wildman–Crippen LogP) is 3.86. The van der Waals surface area contributed by atoms with Crippen LogP contribution in [0, 0.1) is 6.92 Å². The quantitative estimate of drug-likeness (QED) is 0.931. The zero-order valence-electron chi connectivity index (χ0n) is 11.0. The van der Waals surface area contributed by atoms with Crippen LogP contribution >= 0.6 is 22.9 Å². The number of benzene rings is 1. The first kappa shape index (κ1) is 14.6. The van der Waals surface area contributed by atoms with Crippen molar-refractivity contribution in [1.82, 2.24) is 4.98 Å². The Morgan fingerprint density at radius 3 is 2.90 bits per heavy atom. The molecule has 106 valence electrons. The summed E-state index contributed by atoms with van der Waals surface area (Å²) in [5, 5.41) is 3.43. The summed E-state index contributed by atoms with van der Waals surface area (Å²) in [6.07, 6.45) is 1.10. The van der Waals surface area contributed by atoms with Crippen molar-refractivity contribution in [2.75, 3.05) is 12.4 Å². The third-order valence-electron chi connectivity index (χ3n) is 2.51. The van der Waals surface area contributed by atoms with Crippen LogP contribution in [-0.2, 0) is 11.3 Å². The SMILES string of the molecule is COC(=O)Nc1ccc(OCc2ncc(Cl)s2)cc1C. The molecule has 0 aliphatic carbocycles. The molecule has 1 N–H and O–H groups in total. The van der Waals surface area contributed by atoms with Crippen LogP contribution in [0.4, 0.5) is 10.5 Å². The number of anilines is 1. The van der Waals surface area contributed by atoms with E-state index in [0.717, 1.165) is 10.6 Å². The fraction of sp³-hybridized carbons (Fsp3) is 0.231. The van der Waals surface area contributed by atoms with E-state index in [1.807, 2.05) is 13.0 Å². The van der Waals surface area contributed by atoms with Crippen LogP contribution in [0.3, 0.4) is 0 Å². The van der Waals surface area contributed by atoms with Gasteiger partial charge in [0.25, 0.3) is 0 Å². The normalized spacial score (nSPS) is 10.2. The summed E-state index contributed by atoms with van der Waals surface area (Å²) in [5.74, 6) is 0.698. The average molecular weight is 313 g/mol. The van der Waals surface area contributed by atoms with Gasteiger partial charge in [0.15, 0.2) is 0 Å². The Morgan fingerprint density at radius 1 is 1.50 bits per heavy atom. The van der Waals surface area contributed by atoms with E-state index in [1.54, 1.807) is 18.3 Å². The van der Waals surface area contributed by atoms with Crippen molar-refractivity contribution in [2.45, 2.75) is 13.5 Å². The van der Waals surface area contributed by atoms with Gasteiger partial charge in [-0.1, -0.05) is 11.6 Å². The number of carbonyl (C=O) groups is 1. The molecular weight excluding hydrogens is 300 g/mol. The molecule has 0 bridgehead atoms. The van der Waals surface area contributed by atoms with E-state index in [-0.39, 0.29) is 0 Å². The van der Waals surface area contributed by atoms with E-state index in [9.17, 15) is 4.79 Å². The van der Waals surface area contributed by atoms with Gasteiger partial charge in [0.1, 0.15) is 21.7 Å². The van der Waals surface area contributed by atoms with Crippen LogP contribution in [0.5, 0.6) is 5.75 Å². The van der Waals surface area contributed by atoms with E-state index in [0.29, 0.717) is 22.4 Å². The molecule has 1 amide bonds. The van der Waals surface area contributed by atoms with E-state index in [1.165, 1.54) is 18.4 Å². The summed E-state index contributed by atoms with van der Waals surface area (Å²) in [4.78, 5) is 15.3. The fourth-order valence-corrected chi connectivity index (χ4v) is 2.40. The van der Waals surface area contributed by atoms with Gasteiger partial charge in [0.2, 0.25) is 0 Å². The first-order chi connectivity index (χ1) is 9.58. The molecule has 0 saturated carbocycles. The molecule has 1 heterocycles. The van der Waals surface area contributed by atoms with Crippen LogP contribution < -0.4 is 10.1 Å². The first-order valence-electron chi connectivity index (χ1n) is 5.77. The zero-order chi connectivity index (χ0) is 14.5. The Kier molecular flexibility index (Phi) is 4.81. The highest BCUT2D eigenvalue weighted by atomic mass is 35.5. The van der Waals surface area contributed by atoms with Crippen LogP contribution in [0.2, 0.25) is 4.34 Å². The maximum absolute atomic E-state index is 11.1. The van der Waals surface area contributed by atoms with E-state index in [4.69, 9.17) is 16.3 Å². The van der Waals surface area contributed by atoms with Gasteiger partial charge in [0.05, 0.1) is 13.3 Å². The number of aromatic nitrogens is 1. The van der Waals surface area contributed by atoms with Crippen molar-refractivity contribution < 1.29 is 14.3 Å². The predicted molar refractivity (Wildman–Crippen MR) is 78.7 cm³/mol. The topological polar surface area (TPSA) is 60.5 Å². The van der Waals surface area contributed by atoms with Crippen LogP contribution in [0.25, 0.3) is 0 Å². The first-order valence-corrected chi connectivity index (χ1v) is 6.96. The van der Waals surface area contributed by atoms with Crippen molar-refractivity contribution in [3.63, 3.8) is 0 Å². The highest BCUT2D eigenvalue weighted by molar-refractivity contribution is 7.15. The van der Waals surface area contributed by atoms with Gasteiger partial charge in [-0.25, -0.2) is 9.78 Å². The molecule has 0 atom stereocenters. The summed E-state index contributed by atoms with van der Waals surface area (Å²) >= 11 is 7.18. The molecule has 0 saturated heterocycles. The second-order valence-electron chi connectivity index (χ2n) is 3.94. The van der Waals surface area contributed by atoms with Crippen molar-refractivity contribution >= 4 is 34.7 Å². The minimum absolute atomic E-state index is 0.362. The smallest absolute Gasteiger partial charge is 0.411 e. The Balaban J connectivity index is 1.99. The van der Waals surface area contributed by atoms with Crippen LogP contribution in [0.15, 0.2) is 24.4 Å². The number of ether oxygens (including phenoxy) is 2. The molecule has 1 aromatic carbocycles. The molecule has 0 spiro atoms. The number of methoxy groups -OCH3 is 1. The second-order valence-corrected chi connectivity index (χ2v) is 5.69. The van der Waals surface area contributed by atoms with Crippen molar-refractivity contribution in [3.05, 3.63) is 39.3 Å². The Hall–Kier alpha value is -1.79. The lowest BCUT2D eigenvalue weighted by molar-refractivity contribution is 0.187. The third-order valence-corrected chi connectivity index (χ3v) is 3.60. The zero-order valence-corrected chi connectivity index (χ0v) is 12.5. The summed E-state index contributed by atoms with van der Waals surface area (Å²) in [6.45, 7) is 2.24. The van der Waals surface area contributed by atoms with Gasteiger partial charge in [-0.15, -0.1) is 11.3 Å². The molecule has 2 rings (SSSR count). The monoisotopic (exact) mass is 312 g/mol. The Labute approximate surface area is 125 Å². The number of rotatable bonds is 4. The van der Waals surface area contributed by atoms with Gasteiger partial charge in [-0.3, -0.25) is 5.32 Å². The highest BCUT2D eigenvalue weighted by Crippen LogP contribution is 2.24. The number of hydrogen-bond donors (Lipinski definition) is 1. The third kappa shape index (κ3) is 3.85. The summed E-state index contributed by atoms with van der Waals surface area (Å²) < 4.78 is 10.8. The van der Waals surface area contributed by atoms with E-state index >= 15 is 0 Å². The fourth-order valence-electron chi connectivity index (χ4n) is 1.53. The summed E-state index contributed by atoms with van der Waals surface area (Å²) in [6, 6.07) is 5.37. The van der Waals surface area contributed by atoms with E-state index < -0.39 is 6.09 Å². The lowest BCUT2D eigenvalue weighted by atomic mass is 10.2. The molecule has 1 aromatic heterocycles. The van der Waals surface area contributed by atoms with Crippen LogP contribution in [0.1, 0.15) is 10.6 Å². The molecule has 0 aliphatic rings.